The Hall–Kier alpha value is -3.29. The normalized spacial score (nSPS) is 26.3. The lowest BCUT2D eigenvalue weighted by Crippen LogP contribution is -2.54. The fourth-order valence-corrected chi connectivity index (χ4v) is 5.93. The number of benzene rings is 1. The van der Waals surface area contributed by atoms with Crippen LogP contribution in [0.3, 0.4) is 0 Å². The molecule has 1 amide bonds. The molecule has 1 aromatic carbocycles. The number of ether oxygens (including phenoxy) is 5. The summed E-state index contributed by atoms with van der Waals surface area (Å²) in [5.41, 5.74) is 0.400. The van der Waals surface area contributed by atoms with Gasteiger partial charge in [-0.05, 0) is 57.5 Å². The molecule has 13 heteroatoms. The number of pyridine rings is 1. The Morgan fingerprint density at radius 3 is 2.40 bits per heavy atom. The van der Waals surface area contributed by atoms with Crippen molar-refractivity contribution >= 4 is 11.7 Å². The van der Waals surface area contributed by atoms with Crippen molar-refractivity contribution < 1.29 is 46.8 Å². The van der Waals surface area contributed by atoms with E-state index in [1.165, 1.54) is 19.1 Å². The number of nitrogens with zero attached hydrogens (tertiary/aromatic N) is 3. The number of likely N-dealkylation sites (tertiary alicyclic amines) is 1. The standard InChI is InChI=1S/C30H38F3N3O7/c1-17-22(43-30(31,32)33)9-10-26(34-17)35-12-20(13-35)41-24-11-19(7-8-23(24)39-6)21-14-36(16-29(21,5)18(2)37)27(38)25-15-40-28(3,4)42-25/h7-11,18,20-21,25,37H,12-16H2,1-6H3/t18-,21+,25+,29+/m1/s1. The Balaban J connectivity index is 1.29. The Kier molecular flexibility index (Phi) is 8.20. The first-order valence-corrected chi connectivity index (χ1v) is 14.2. The SMILES string of the molecule is COc1ccc([C@@H]2CN(C(=O)[C@@H]3COC(C)(C)O3)C[C@@]2(C)[C@@H](C)O)cc1OC1CN(c2ccc(OC(F)(F)F)c(C)n2)C1. The summed E-state index contributed by atoms with van der Waals surface area (Å²) in [5, 5.41) is 10.9. The third-order valence-electron chi connectivity index (χ3n) is 8.58. The largest absolute Gasteiger partial charge is 0.573 e. The number of hydrogen-bond donors (Lipinski definition) is 1. The number of methoxy groups -OCH3 is 1. The number of halogens is 3. The Bertz CT molecular complexity index is 1350. The van der Waals surface area contributed by atoms with E-state index >= 15 is 0 Å². The average molecular weight is 610 g/mol. The highest BCUT2D eigenvalue weighted by Gasteiger charge is 2.51. The van der Waals surface area contributed by atoms with Crippen molar-refractivity contribution in [1.29, 1.82) is 0 Å². The maximum atomic E-state index is 13.4. The molecule has 4 atom stereocenters. The van der Waals surface area contributed by atoms with Crippen molar-refractivity contribution in [1.82, 2.24) is 9.88 Å². The number of aromatic nitrogens is 1. The molecular formula is C30H38F3N3O7. The van der Waals surface area contributed by atoms with Gasteiger partial charge in [0.05, 0.1) is 38.6 Å². The van der Waals surface area contributed by atoms with Gasteiger partial charge in [-0.3, -0.25) is 4.79 Å². The van der Waals surface area contributed by atoms with E-state index in [-0.39, 0.29) is 36.0 Å². The van der Waals surface area contributed by atoms with E-state index in [0.717, 1.165) is 5.56 Å². The molecule has 1 N–H and O–H groups in total. The van der Waals surface area contributed by atoms with Gasteiger partial charge >= 0.3 is 6.36 Å². The lowest BCUT2D eigenvalue weighted by Gasteiger charge is -2.40. The zero-order valence-corrected chi connectivity index (χ0v) is 25.1. The molecule has 0 radical (unpaired) electrons. The minimum Gasteiger partial charge on any atom is -0.493 e. The molecule has 5 rings (SSSR count). The molecule has 3 saturated heterocycles. The van der Waals surface area contributed by atoms with Crippen LogP contribution in [0.5, 0.6) is 17.2 Å². The lowest BCUT2D eigenvalue weighted by molar-refractivity contribution is -0.275. The van der Waals surface area contributed by atoms with Crippen molar-refractivity contribution in [2.75, 3.05) is 44.8 Å². The second-order valence-corrected chi connectivity index (χ2v) is 12.1. The molecule has 0 bridgehead atoms. The summed E-state index contributed by atoms with van der Waals surface area (Å²) in [6.45, 7) is 10.6. The van der Waals surface area contributed by atoms with E-state index in [1.807, 2.05) is 30.0 Å². The number of alkyl halides is 3. The molecule has 0 spiro atoms. The number of aliphatic hydroxyl groups excluding tert-OH is 1. The van der Waals surface area contributed by atoms with Crippen molar-refractivity contribution in [2.24, 2.45) is 5.41 Å². The van der Waals surface area contributed by atoms with E-state index in [1.54, 1.807) is 32.8 Å². The van der Waals surface area contributed by atoms with Gasteiger partial charge in [0.2, 0.25) is 0 Å². The summed E-state index contributed by atoms with van der Waals surface area (Å²) in [7, 11) is 1.55. The minimum absolute atomic E-state index is 0.134. The summed E-state index contributed by atoms with van der Waals surface area (Å²) in [5.74, 6) is 0.0602. The molecule has 0 saturated carbocycles. The van der Waals surface area contributed by atoms with Crippen LogP contribution in [0.1, 0.15) is 44.9 Å². The molecule has 0 unspecified atom stereocenters. The van der Waals surface area contributed by atoms with E-state index in [2.05, 4.69) is 9.72 Å². The van der Waals surface area contributed by atoms with Gasteiger partial charge < -0.3 is 38.6 Å². The molecule has 236 valence electrons. The van der Waals surface area contributed by atoms with Crippen LogP contribution >= 0.6 is 0 Å². The highest BCUT2D eigenvalue weighted by atomic mass is 19.4. The van der Waals surface area contributed by atoms with Crippen LogP contribution in [0.4, 0.5) is 19.0 Å². The number of rotatable bonds is 8. The van der Waals surface area contributed by atoms with Gasteiger partial charge in [-0.25, -0.2) is 4.98 Å². The molecule has 10 nitrogen and oxygen atoms in total. The van der Waals surface area contributed by atoms with E-state index in [0.29, 0.717) is 43.5 Å². The Morgan fingerprint density at radius 2 is 1.81 bits per heavy atom. The maximum Gasteiger partial charge on any atom is 0.573 e. The number of aryl methyl sites for hydroxylation is 1. The summed E-state index contributed by atoms with van der Waals surface area (Å²) >= 11 is 0. The van der Waals surface area contributed by atoms with Gasteiger partial charge in [0, 0.05) is 24.4 Å². The number of hydrogen-bond acceptors (Lipinski definition) is 9. The van der Waals surface area contributed by atoms with Gasteiger partial charge in [-0.15, -0.1) is 13.2 Å². The topological polar surface area (TPSA) is 103 Å². The number of carbonyl (C=O) groups excluding carboxylic acids is 1. The van der Waals surface area contributed by atoms with Gasteiger partial charge in [0.25, 0.3) is 5.91 Å². The first-order chi connectivity index (χ1) is 20.1. The van der Waals surface area contributed by atoms with Gasteiger partial charge in [-0.2, -0.15) is 0 Å². The first kappa shape index (κ1) is 31.1. The predicted octanol–water partition coefficient (Wildman–Crippen LogP) is 4.03. The summed E-state index contributed by atoms with van der Waals surface area (Å²) in [6, 6.07) is 8.37. The summed E-state index contributed by atoms with van der Waals surface area (Å²) in [4.78, 5) is 21.3. The zero-order valence-electron chi connectivity index (χ0n) is 25.1. The van der Waals surface area contributed by atoms with Crippen molar-refractivity contribution in [3.05, 3.63) is 41.6 Å². The van der Waals surface area contributed by atoms with Crippen LogP contribution in [0.25, 0.3) is 0 Å². The van der Waals surface area contributed by atoms with Crippen molar-refractivity contribution in [3.63, 3.8) is 0 Å². The second-order valence-electron chi connectivity index (χ2n) is 12.1. The van der Waals surface area contributed by atoms with Gasteiger partial charge in [0.15, 0.2) is 29.1 Å². The molecule has 3 aliphatic rings. The molecular weight excluding hydrogens is 571 g/mol. The number of carbonyl (C=O) groups is 1. The number of aliphatic hydroxyl groups is 1. The van der Waals surface area contributed by atoms with E-state index < -0.39 is 29.8 Å². The van der Waals surface area contributed by atoms with Crippen LogP contribution in [0.2, 0.25) is 0 Å². The quantitative estimate of drug-likeness (QED) is 0.475. The van der Waals surface area contributed by atoms with Crippen LogP contribution in [-0.4, -0.2) is 91.3 Å². The molecule has 3 fully saturated rings. The maximum absolute atomic E-state index is 13.4. The van der Waals surface area contributed by atoms with Crippen LogP contribution in [0.15, 0.2) is 30.3 Å². The molecule has 0 aliphatic carbocycles. The number of anilines is 1. The highest BCUT2D eigenvalue weighted by molar-refractivity contribution is 5.82. The average Bonchev–Trinajstić information content (AvgIpc) is 3.46. The number of amides is 1. The first-order valence-electron chi connectivity index (χ1n) is 14.2. The minimum atomic E-state index is -4.78. The van der Waals surface area contributed by atoms with Crippen LogP contribution in [-0.2, 0) is 14.3 Å². The van der Waals surface area contributed by atoms with Gasteiger partial charge in [0.1, 0.15) is 11.9 Å². The van der Waals surface area contributed by atoms with Crippen LogP contribution in [0, 0.1) is 12.3 Å². The molecule has 3 aliphatic heterocycles. The molecule has 4 heterocycles. The second kappa shape index (κ2) is 11.3. The van der Waals surface area contributed by atoms with E-state index in [9.17, 15) is 23.1 Å². The fraction of sp³-hybridized carbons (Fsp3) is 0.600. The van der Waals surface area contributed by atoms with E-state index in [4.69, 9.17) is 18.9 Å². The third kappa shape index (κ3) is 6.48. The summed E-state index contributed by atoms with van der Waals surface area (Å²) in [6.07, 6.45) is -6.41. The molecule has 2 aromatic rings. The highest BCUT2D eigenvalue weighted by Crippen LogP contribution is 2.47. The third-order valence-corrected chi connectivity index (χ3v) is 8.58. The molecule has 1 aromatic heterocycles. The van der Waals surface area contributed by atoms with Crippen LogP contribution < -0.4 is 19.1 Å². The summed E-state index contributed by atoms with van der Waals surface area (Å²) < 4.78 is 65.1. The Labute approximate surface area is 248 Å². The predicted molar refractivity (Wildman–Crippen MR) is 149 cm³/mol. The smallest absolute Gasteiger partial charge is 0.493 e. The Morgan fingerprint density at radius 1 is 1.12 bits per heavy atom. The van der Waals surface area contributed by atoms with Crippen molar-refractivity contribution in [2.45, 2.75) is 71.0 Å². The zero-order chi connectivity index (χ0) is 31.3. The monoisotopic (exact) mass is 609 g/mol. The van der Waals surface area contributed by atoms with Gasteiger partial charge in [-0.1, -0.05) is 13.0 Å². The molecule has 43 heavy (non-hydrogen) atoms. The fourth-order valence-electron chi connectivity index (χ4n) is 5.93. The lowest BCUT2D eigenvalue weighted by atomic mass is 9.72. The van der Waals surface area contributed by atoms with Crippen molar-refractivity contribution in [3.8, 4) is 17.2 Å².